The number of hydrogen-bond acceptors (Lipinski definition) is 3. The Balaban J connectivity index is 2.49. The topological polar surface area (TPSA) is 49.4 Å². The maximum atomic E-state index is 11.5. The minimum atomic E-state index is -3.18. The van der Waals surface area contributed by atoms with Gasteiger partial charge in [0.05, 0.1) is 11.9 Å². The first-order chi connectivity index (χ1) is 7.50. The van der Waals surface area contributed by atoms with Gasteiger partial charge in [-0.05, 0) is 30.5 Å². The van der Waals surface area contributed by atoms with Gasteiger partial charge in [0.2, 0.25) is 10.0 Å². The van der Waals surface area contributed by atoms with Crippen LogP contribution in [0.1, 0.15) is 12.0 Å². The van der Waals surface area contributed by atoms with Crippen LogP contribution in [0, 0.1) is 0 Å². The minimum absolute atomic E-state index is 0.784. The molecule has 5 heteroatoms. The van der Waals surface area contributed by atoms with Crippen LogP contribution in [-0.4, -0.2) is 28.3 Å². The van der Waals surface area contributed by atoms with Crippen molar-refractivity contribution in [3.05, 3.63) is 23.8 Å². The molecule has 0 aliphatic carbocycles. The van der Waals surface area contributed by atoms with Crippen LogP contribution in [0.4, 0.5) is 11.4 Å². The van der Waals surface area contributed by atoms with Gasteiger partial charge in [-0.1, -0.05) is 6.07 Å². The molecule has 0 aromatic heterocycles. The molecule has 16 heavy (non-hydrogen) atoms. The van der Waals surface area contributed by atoms with E-state index < -0.39 is 10.0 Å². The van der Waals surface area contributed by atoms with Crippen LogP contribution in [0.2, 0.25) is 0 Å². The molecule has 0 spiro atoms. The molecule has 0 radical (unpaired) electrons. The first-order valence-electron chi connectivity index (χ1n) is 5.30. The lowest BCUT2D eigenvalue weighted by molar-refractivity contribution is 0.600. The second kappa shape index (κ2) is 3.97. The van der Waals surface area contributed by atoms with Crippen molar-refractivity contribution in [2.24, 2.45) is 0 Å². The highest BCUT2D eigenvalue weighted by molar-refractivity contribution is 7.92. The van der Waals surface area contributed by atoms with E-state index in [9.17, 15) is 8.42 Å². The van der Waals surface area contributed by atoms with Gasteiger partial charge < -0.3 is 5.32 Å². The van der Waals surface area contributed by atoms with Crippen LogP contribution in [0.15, 0.2) is 18.2 Å². The summed E-state index contributed by atoms with van der Waals surface area (Å²) >= 11 is 0. The Hall–Kier alpha value is -1.23. The zero-order chi connectivity index (χ0) is 11.8. The van der Waals surface area contributed by atoms with Gasteiger partial charge in [-0.25, -0.2) is 8.42 Å². The summed E-state index contributed by atoms with van der Waals surface area (Å²) in [6, 6.07) is 5.73. The summed E-state index contributed by atoms with van der Waals surface area (Å²) in [6.45, 7) is 0.957. The molecule has 0 saturated carbocycles. The molecule has 4 nitrogen and oxygen atoms in total. The predicted molar refractivity (Wildman–Crippen MR) is 66.5 cm³/mol. The van der Waals surface area contributed by atoms with Gasteiger partial charge in [-0.3, -0.25) is 4.31 Å². The Morgan fingerprint density at radius 1 is 1.38 bits per heavy atom. The van der Waals surface area contributed by atoms with E-state index in [1.165, 1.54) is 10.6 Å². The fraction of sp³-hybridized carbons (Fsp3) is 0.455. The average molecular weight is 240 g/mol. The molecule has 0 atom stereocenters. The number of fused-ring (bicyclic) bond motifs is 1. The summed E-state index contributed by atoms with van der Waals surface area (Å²) in [5.41, 5.74) is 2.94. The van der Waals surface area contributed by atoms with Crippen LogP contribution in [0.3, 0.4) is 0 Å². The van der Waals surface area contributed by atoms with Crippen molar-refractivity contribution in [2.75, 3.05) is 29.5 Å². The molecule has 2 rings (SSSR count). The molecule has 0 saturated heterocycles. The third-order valence-electron chi connectivity index (χ3n) is 2.91. The molecule has 1 aromatic rings. The molecule has 0 fully saturated rings. The van der Waals surface area contributed by atoms with E-state index in [1.54, 1.807) is 7.05 Å². The van der Waals surface area contributed by atoms with Gasteiger partial charge in [0.1, 0.15) is 0 Å². The SMILES string of the molecule is CN(c1cccc2c1CCCN2)S(C)(=O)=O. The monoisotopic (exact) mass is 240 g/mol. The maximum Gasteiger partial charge on any atom is 0.232 e. The largest absolute Gasteiger partial charge is 0.385 e. The summed E-state index contributed by atoms with van der Waals surface area (Å²) < 4.78 is 24.4. The lowest BCUT2D eigenvalue weighted by Gasteiger charge is -2.25. The third-order valence-corrected chi connectivity index (χ3v) is 4.10. The van der Waals surface area contributed by atoms with Crippen LogP contribution >= 0.6 is 0 Å². The smallest absolute Gasteiger partial charge is 0.232 e. The summed E-state index contributed by atoms with van der Waals surface area (Å²) in [6.07, 6.45) is 3.20. The summed E-state index contributed by atoms with van der Waals surface area (Å²) in [4.78, 5) is 0. The summed E-state index contributed by atoms with van der Waals surface area (Å²) in [7, 11) is -1.59. The highest BCUT2D eigenvalue weighted by Gasteiger charge is 2.19. The van der Waals surface area contributed by atoms with E-state index in [4.69, 9.17) is 0 Å². The molecule has 1 N–H and O–H groups in total. The Morgan fingerprint density at radius 2 is 2.12 bits per heavy atom. The summed E-state index contributed by atoms with van der Waals surface area (Å²) in [5, 5.41) is 3.29. The number of benzene rings is 1. The van der Waals surface area contributed by atoms with Crippen molar-refractivity contribution in [1.29, 1.82) is 0 Å². The Morgan fingerprint density at radius 3 is 2.81 bits per heavy atom. The van der Waals surface area contributed by atoms with Gasteiger partial charge in [-0.15, -0.1) is 0 Å². The third kappa shape index (κ3) is 2.00. The highest BCUT2D eigenvalue weighted by Crippen LogP contribution is 2.31. The number of nitrogens with zero attached hydrogens (tertiary/aromatic N) is 1. The lowest BCUT2D eigenvalue weighted by Crippen LogP contribution is -2.27. The second-order valence-electron chi connectivity index (χ2n) is 4.06. The Labute approximate surface area is 96.3 Å². The number of hydrogen-bond donors (Lipinski definition) is 1. The Bertz CT molecular complexity index is 497. The molecular formula is C11H16N2O2S. The average Bonchev–Trinajstić information content (AvgIpc) is 2.26. The first-order valence-corrected chi connectivity index (χ1v) is 7.14. The van der Waals surface area contributed by atoms with Crippen LogP contribution in [0.5, 0.6) is 0 Å². The number of anilines is 2. The van der Waals surface area contributed by atoms with E-state index >= 15 is 0 Å². The lowest BCUT2D eigenvalue weighted by atomic mass is 10.0. The van der Waals surface area contributed by atoms with E-state index in [0.717, 1.165) is 36.3 Å². The fourth-order valence-electron chi connectivity index (χ4n) is 1.96. The number of sulfonamides is 1. The second-order valence-corrected chi connectivity index (χ2v) is 6.08. The minimum Gasteiger partial charge on any atom is -0.385 e. The number of nitrogens with one attached hydrogen (secondary N) is 1. The van der Waals surface area contributed by atoms with Gasteiger partial charge in [-0.2, -0.15) is 0 Å². The molecular weight excluding hydrogens is 224 g/mol. The molecule has 1 aliphatic rings. The first kappa shape index (κ1) is 11.3. The zero-order valence-corrected chi connectivity index (χ0v) is 10.3. The maximum absolute atomic E-state index is 11.5. The van der Waals surface area contributed by atoms with E-state index in [2.05, 4.69) is 5.32 Å². The van der Waals surface area contributed by atoms with Crippen molar-refractivity contribution in [2.45, 2.75) is 12.8 Å². The van der Waals surface area contributed by atoms with Crippen molar-refractivity contribution in [1.82, 2.24) is 0 Å². The molecule has 0 amide bonds. The predicted octanol–water partition coefficient (Wildman–Crippen LogP) is 1.44. The fourth-order valence-corrected chi connectivity index (χ4v) is 2.49. The summed E-state index contributed by atoms with van der Waals surface area (Å²) in [5.74, 6) is 0. The molecule has 1 heterocycles. The number of rotatable bonds is 2. The zero-order valence-electron chi connectivity index (χ0n) is 9.53. The molecule has 1 aliphatic heterocycles. The van der Waals surface area contributed by atoms with Gasteiger partial charge in [0.25, 0.3) is 0 Å². The molecule has 0 bridgehead atoms. The standard InChI is InChI=1S/C11H16N2O2S/c1-13(16(2,14)15)11-7-3-6-10-9(11)5-4-8-12-10/h3,6-7,12H,4-5,8H2,1-2H3. The van der Waals surface area contributed by atoms with Gasteiger partial charge in [0, 0.05) is 19.3 Å². The Kier molecular flexibility index (Phi) is 2.80. The van der Waals surface area contributed by atoms with Crippen LogP contribution in [0.25, 0.3) is 0 Å². The molecule has 0 unspecified atom stereocenters. The molecule has 1 aromatic carbocycles. The van der Waals surface area contributed by atoms with Crippen LogP contribution in [-0.2, 0) is 16.4 Å². The highest BCUT2D eigenvalue weighted by atomic mass is 32.2. The van der Waals surface area contributed by atoms with E-state index in [1.807, 2.05) is 18.2 Å². The van der Waals surface area contributed by atoms with Gasteiger partial charge in [0.15, 0.2) is 0 Å². The van der Waals surface area contributed by atoms with Gasteiger partial charge >= 0.3 is 0 Å². The molecule has 88 valence electrons. The van der Waals surface area contributed by atoms with E-state index in [0.29, 0.717) is 0 Å². The van der Waals surface area contributed by atoms with Crippen molar-refractivity contribution >= 4 is 21.4 Å². The van der Waals surface area contributed by atoms with Crippen molar-refractivity contribution in [3.63, 3.8) is 0 Å². The van der Waals surface area contributed by atoms with Crippen LogP contribution < -0.4 is 9.62 Å². The normalized spacial score (nSPS) is 15.1. The van der Waals surface area contributed by atoms with Crippen molar-refractivity contribution < 1.29 is 8.42 Å². The quantitative estimate of drug-likeness (QED) is 0.851. The van der Waals surface area contributed by atoms with Crippen molar-refractivity contribution in [3.8, 4) is 0 Å². The van der Waals surface area contributed by atoms with E-state index in [-0.39, 0.29) is 0 Å².